The molecule has 134 valence electrons. The molecule has 0 radical (unpaired) electrons. The molecule has 1 aliphatic rings. The zero-order chi connectivity index (χ0) is 17.9. The van der Waals surface area contributed by atoms with Gasteiger partial charge in [-0.3, -0.25) is 5.10 Å². The molecular weight excluding hydrogens is 344 g/mol. The van der Waals surface area contributed by atoms with E-state index in [9.17, 15) is 0 Å². The molecule has 0 amide bonds. The largest absolute Gasteiger partial charge is 0.497 e. The summed E-state index contributed by atoms with van der Waals surface area (Å²) in [6.45, 7) is 1.77. The van der Waals surface area contributed by atoms with Gasteiger partial charge in [-0.25, -0.2) is 4.68 Å². The third-order valence-electron chi connectivity index (χ3n) is 4.83. The van der Waals surface area contributed by atoms with E-state index in [1.54, 1.807) is 7.11 Å². The molecule has 3 aromatic rings. The Morgan fingerprint density at radius 3 is 2.54 bits per heavy atom. The quantitative estimate of drug-likeness (QED) is 0.632. The first kappa shape index (κ1) is 17.0. The van der Waals surface area contributed by atoms with Crippen LogP contribution in [0.2, 0.25) is 0 Å². The van der Waals surface area contributed by atoms with Gasteiger partial charge in [-0.1, -0.05) is 30.3 Å². The van der Waals surface area contributed by atoms with Crippen molar-refractivity contribution in [1.82, 2.24) is 14.8 Å². The molecule has 1 aliphatic carbocycles. The van der Waals surface area contributed by atoms with E-state index in [0.29, 0.717) is 10.8 Å². The van der Waals surface area contributed by atoms with E-state index in [4.69, 9.17) is 17.0 Å². The van der Waals surface area contributed by atoms with Gasteiger partial charge in [0.05, 0.1) is 13.2 Å². The van der Waals surface area contributed by atoms with Crippen LogP contribution in [0.15, 0.2) is 54.6 Å². The first-order valence-electron chi connectivity index (χ1n) is 8.93. The molecular formula is C20H23N4OS+. The number of nitrogens with one attached hydrogen (secondary N) is 2. The van der Waals surface area contributed by atoms with Gasteiger partial charge in [-0.15, -0.1) is 0 Å². The summed E-state index contributed by atoms with van der Waals surface area (Å²) in [5.74, 6) is 1.72. The predicted octanol–water partition coefficient (Wildman–Crippen LogP) is 2.82. The number of aromatic amines is 1. The van der Waals surface area contributed by atoms with Crippen LogP contribution >= 0.6 is 12.2 Å². The summed E-state index contributed by atoms with van der Waals surface area (Å²) in [4.78, 5) is 6.04. The summed E-state index contributed by atoms with van der Waals surface area (Å²) in [5, 5.41) is 3.38. The lowest BCUT2D eigenvalue weighted by Gasteiger charge is -2.19. The van der Waals surface area contributed by atoms with Crippen molar-refractivity contribution in [2.75, 3.05) is 7.11 Å². The standard InChI is InChI=1S/C20H22N4OS/c1-25-18-11-7-15(8-12-18)13-23(17-9-10-17)14-24-20(26)21-19(22-24)16-5-3-2-4-6-16/h2-8,11-12,17H,9-10,13-14H2,1H3,(H,21,22,26)/p+1. The first-order chi connectivity index (χ1) is 12.7. The molecule has 1 saturated carbocycles. The van der Waals surface area contributed by atoms with E-state index in [1.165, 1.54) is 23.3 Å². The van der Waals surface area contributed by atoms with Crippen molar-refractivity contribution in [2.45, 2.75) is 32.1 Å². The number of quaternary nitrogens is 1. The van der Waals surface area contributed by atoms with Crippen LogP contribution in [0.3, 0.4) is 0 Å². The topological polar surface area (TPSA) is 47.3 Å². The van der Waals surface area contributed by atoms with Gasteiger partial charge in [0.1, 0.15) is 12.3 Å². The molecule has 5 nitrogen and oxygen atoms in total. The molecule has 1 unspecified atom stereocenters. The van der Waals surface area contributed by atoms with E-state index >= 15 is 0 Å². The van der Waals surface area contributed by atoms with E-state index in [1.807, 2.05) is 47.1 Å². The molecule has 2 N–H and O–H groups in total. The monoisotopic (exact) mass is 367 g/mol. The van der Waals surface area contributed by atoms with Gasteiger partial charge in [0.15, 0.2) is 12.5 Å². The molecule has 1 aromatic heterocycles. The molecule has 2 aromatic carbocycles. The fourth-order valence-electron chi connectivity index (χ4n) is 3.22. The van der Waals surface area contributed by atoms with Crippen LogP contribution in [-0.2, 0) is 13.2 Å². The molecule has 0 bridgehead atoms. The Morgan fingerprint density at radius 1 is 1.15 bits per heavy atom. The van der Waals surface area contributed by atoms with Crippen molar-refractivity contribution in [2.24, 2.45) is 0 Å². The zero-order valence-corrected chi connectivity index (χ0v) is 15.6. The third kappa shape index (κ3) is 3.86. The predicted molar refractivity (Wildman–Crippen MR) is 104 cm³/mol. The van der Waals surface area contributed by atoms with Gasteiger partial charge >= 0.3 is 0 Å². The smallest absolute Gasteiger partial charge is 0.221 e. The Kier molecular flexibility index (Phi) is 4.86. The number of hydrogen-bond donors (Lipinski definition) is 2. The van der Waals surface area contributed by atoms with Gasteiger partial charge < -0.3 is 9.64 Å². The molecule has 6 heteroatoms. The van der Waals surface area contributed by atoms with Gasteiger partial charge in [-0.2, -0.15) is 4.98 Å². The summed E-state index contributed by atoms with van der Waals surface area (Å²) >= 11 is 5.49. The maximum atomic E-state index is 5.49. The van der Waals surface area contributed by atoms with Crippen molar-refractivity contribution >= 4 is 12.2 Å². The average molecular weight is 367 g/mol. The number of rotatable bonds is 7. The fraction of sp³-hybridized carbons (Fsp3) is 0.300. The number of benzene rings is 2. The molecule has 1 atom stereocenters. The maximum Gasteiger partial charge on any atom is 0.221 e. The highest BCUT2D eigenvalue weighted by Gasteiger charge is 2.33. The second-order valence-corrected chi connectivity index (χ2v) is 7.13. The molecule has 26 heavy (non-hydrogen) atoms. The average Bonchev–Trinajstić information content (AvgIpc) is 3.46. The normalized spacial score (nSPS) is 15.0. The third-order valence-corrected chi connectivity index (χ3v) is 5.14. The first-order valence-corrected chi connectivity index (χ1v) is 9.33. The van der Waals surface area contributed by atoms with Gasteiger partial charge in [0.25, 0.3) is 0 Å². The van der Waals surface area contributed by atoms with Crippen molar-refractivity contribution < 1.29 is 9.64 Å². The SMILES string of the molecule is COc1ccc(C[NH+](Cn2[nH]c(-c3ccccc3)nc2=S)C2CC2)cc1. The second-order valence-electron chi connectivity index (χ2n) is 6.76. The Hall–Kier alpha value is -2.44. The molecule has 4 rings (SSSR count). The number of H-pyrrole nitrogens is 1. The minimum atomic E-state index is 0.608. The molecule has 0 saturated heterocycles. The van der Waals surface area contributed by atoms with E-state index < -0.39 is 0 Å². The van der Waals surface area contributed by atoms with Crippen LogP contribution in [0, 0.1) is 4.77 Å². The number of methoxy groups -OCH3 is 1. The highest BCUT2D eigenvalue weighted by molar-refractivity contribution is 7.71. The van der Waals surface area contributed by atoms with Crippen molar-refractivity contribution in [1.29, 1.82) is 0 Å². The lowest BCUT2D eigenvalue weighted by Crippen LogP contribution is -3.11. The Balaban J connectivity index is 1.52. The van der Waals surface area contributed by atoms with Crippen molar-refractivity contribution in [3.63, 3.8) is 0 Å². The van der Waals surface area contributed by atoms with E-state index in [0.717, 1.165) is 30.4 Å². The van der Waals surface area contributed by atoms with Gasteiger partial charge in [0, 0.05) is 24.0 Å². The molecule has 1 fully saturated rings. The van der Waals surface area contributed by atoms with E-state index in [2.05, 4.69) is 22.2 Å². The highest BCUT2D eigenvalue weighted by atomic mass is 32.1. The summed E-state index contributed by atoms with van der Waals surface area (Å²) in [6.07, 6.45) is 2.55. The van der Waals surface area contributed by atoms with Crippen molar-refractivity contribution in [3.05, 3.63) is 64.9 Å². The Morgan fingerprint density at radius 2 is 1.88 bits per heavy atom. The maximum absolute atomic E-state index is 5.49. The highest BCUT2D eigenvalue weighted by Crippen LogP contribution is 2.17. The summed E-state index contributed by atoms with van der Waals surface area (Å²) < 4.78 is 7.86. The fourth-order valence-corrected chi connectivity index (χ4v) is 3.42. The van der Waals surface area contributed by atoms with Crippen LogP contribution < -0.4 is 9.64 Å². The number of aromatic nitrogens is 3. The van der Waals surface area contributed by atoms with Crippen LogP contribution in [-0.4, -0.2) is 27.9 Å². The van der Waals surface area contributed by atoms with Gasteiger partial charge in [-0.05, 0) is 36.5 Å². The molecule has 0 spiro atoms. The van der Waals surface area contributed by atoms with Crippen molar-refractivity contribution in [3.8, 4) is 17.1 Å². The number of hydrogen-bond acceptors (Lipinski definition) is 3. The molecule has 0 aliphatic heterocycles. The minimum absolute atomic E-state index is 0.608. The Bertz CT molecular complexity index is 913. The summed E-state index contributed by atoms with van der Waals surface area (Å²) in [7, 11) is 1.70. The molecule has 1 heterocycles. The lowest BCUT2D eigenvalue weighted by molar-refractivity contribution is -0.947. The van der Waals surface area contributed by atoms with Gasteiger partial charge in [0.2, 0.25) is 4.77 Å². The van der Waals surface area contributed by atoms with E-state index in [-0.39, 0.29) is 0 Å². The Labute approximate surface area is 158 Å². The second kappa shape index (κ2) is 7.43. The lowest BCUT2D eigenvalue weighted by atomic mass is 10.2. The summed E-state index contributed by atoms with van der Waals surface area (Å²) in [6, 6.07) is 19.1. The number of ether oxygens (including phenoxy) is 1. The summed E-state index contributed by atoms with van der Waals surface area (Å²) in [5.41, 5.74) is 2.36. The van der Waals surface area contributed by atoms with Crippen LogP contribution in [0.1, 0.15) is 18.4 Å². The minimum Gasteiger partial charge on any atom is -0.497 e. The zero-order valence-electron chi connectivity index (χ0n) is 14.8. The van der Waals surface area contributed by atoms with Crippen LogP contribution in [0.25, 0.3) is 11.4 Å². The number of nitrogens with zero attached hydrogens (tertiary/aromatic N) is 2. The van der Waals surface area contributed by atoms with Crippen LogP contribution in [0.4, 0.5) is 0 Å². The van der Waals surface area contributed by atoms with Crippen LogP contribution in [0.5, 0.6) is 5.75 Å².